The highest BCUT2D eigenvalue weighted by Crippen LogP contribution is 2.37. The smallest absolute Gasteiger partial charge is 0.387 e. The van der Waals surface area contributed by atoms with Crippen LogP contribution in [0.4, 0.5) is 14.5 Å². The molecule has 0 fully saturated rings. The maximum atomic E-state index is 12.2. The monoisotopic (exact) mass is 321 g/mol. The van der Waals surface area contributed by atoms with Crippen LogP contribution in [-0.4, -0.2) is 6.61 Å². The molecule has 0 bridgehead atoms. The average molecular weight is 322 g/mol. The summed E-state index contributed by atoms with van der Waals surface area (Å²) in [6.45, 7) is -1.07. The van der Waals surface area contributed by atoms with Crippen LogP contribution in [0, 0.1) is 0 Å². The molecular weight excluding hydrogens is 311 g/mol. The van der Waals surface area contributed by atoms with E-state index in [1.165, 1.54) is 12.1 Å². The fraction of sp³-hybridized carbons (Fsp3) is 0.231. The number of alkyl halides is 2. The van der Waals surface area contributed by atoms with Crippen molar-refractivity contribution in [1.29, 1.82) is 0 Å². The molecule has 2 rings (SSSR count). The summed E-state index contributed by atoms with van der Waals surface area (Å²) < 4.78 is 33.7. The number of rotatable bonds is 5. The van der Waals surface area contributed by atoms with Crippen molar-refractivity contribution < 1.29 is 17.9 Å². The van der Waals surface area contributed by atoms with Crippen LogP contribution in [0.3, 0.4) is 0 Å². The summed E-state index contributed by atoms with van der Waals surface area (Å²) in [6, 6.07) is 4.71. The number of benzene rings is 1. The second-order valence-electron chi connectivity index (χ2n) is 4.07. The van der Waals surface area contributed by atoms with Crippen molar-refractivity contribution in [2.24, 2.45) is 0 Å². The van der Waals surface area contributed by atoms with Crippen LogP contribution < -0.4 is 10.1 Å². The van der Waals surface area contributed by atoms with E-state index in [1.54, 1.807) is 12.5 Å². The van der Waals surface area contributed by atoms with Crippen molar-refractivity contribution >= 4 is 28.9 Å². The Morgan fingerprint density at radius 1 is 1.25 bits per heavy atom. The van der Waals surface area contributed by atoms with Gasteiger partial charge in [-0.3, -0.25) is 0 Å². The van der Waals surface area contributed by atoms with Gasteiger partial charge in [-0.1, -0.05) is 23.2 Å². The number of ether oxygens (including phenoxy) is 1. The molecule has 1 N–H and O–H groups in total. The first-order valence-corrected chi connectivity index (χ1v) is 6.45. The number of nitrogens with one attached hydrogen (secondary N) is 1. The number of hydrogen-bond donors (Lipinski definition) is 1. The van der Waals surface area contributed by atoms with Crippen LogP contribution in [0.15, 0.2) is 35.1 Å². The molecule has 3 nitrogen and oxygen atoms in total. The third-order valence-corrected chi connectivity index (χ3v) is 3.19. The van der Waals surface area contributed by atoms with Gasteiger partial charge in [0.1, 0.15) is 0 Å². The van der Waals surface area contributed by atoms with Crippen molar-refractivity contribution in [3.63, 3.8) is 0 Å². The van der Waals surface area contributed by atoms with Gasteiger partial charge in [0.15, 0.2) is 5.75 Å². The zero-order valence-electron chi connectivity index (χ0n) is 10.4. The van der Waals surface area contributed by atoms with Gasteiger partial charge >= 0.3 is 6.61 Å². The van der Waals surface area contributed by atoms with Gasteiger partial charge in [-0.15, -0.1) is 0 Å². The molecule has 0 amide bonds. The molecule has 1 heterocycles. The predicted octanol–water partition coefficient (Wildman–Crippen LogP) is 5.36. The van der Waals surface area contributed by atoms with Crippen molar-refractivity contribution in [2.75, 3.05) is 5.32 Å². The fourth-order valence-corrected chi connectivity index (χ4v) is 2.28. The van der Waals surface area contributed by atoms with E-state index in [0.29, 0.717) is 5.69 Å². The molecule has 1 unspecified atom stereocenters. The Balaban J connectivity index is 2.18. The lowest BCUT2D eigenvalue weighted by Crippen LogP contribution is -2.07. The maximum Gasteiger partial charge on any atom is 0.387 e. The lowest BCUT2D eigenvalue weighted by Gasteiger charge is -2.16. The van der Waals surface area contributed by atoms with Gasteiger partial charge in [0.25, 0.3) is 0 Å². The van der Waals surface area contributed by atoms with Crippen LogP contribution in [0.1, 0.15) is 18.5 Å². The van der Waals surface area contributed by atoms with Crippen molar-refractivity contribution in [1.82, 2.24) is 0 Å². The number of furan rings is 1. The molecule has 1 aromatic heterocycles. The van der Waals surface area contributed by atoms with Gasteiger partial charge in [-0.25, -0.2) is 0 Å². The first-order chi connectivity index (χ1) is 9.47. The summed E-state index contributed by atoms with van der Waals surface area (Å²) >= 11 is 11.8. The second-order valence-corrected chi connectivity index (χ2v) is 4.88. The van der Waals surface area contributed by atoms with E-state index in [4.69, 9.17) is 27.6 Å². The highest BCUT2D eigenvalue weighted by Gasteiger charge is 2.15. The zero-order chi connectivity index (χ0) is 14.7. The van der Waals surface area contributed by atoms with Gasteiger partial charge in [-0.2, -0.15) is 8.78 Å². The predicted molar refractivity (Wildman–Crippen MR) is 73.8 cm³/mol. The van der Waals surface area contributed by atoms with Gasteiger partial charge in [0.2, 0.25) is 0 Å². The minimum Gasteiger partial charge on any atom is -0.472 e. The van der Waals surface area contributed by atoms with Crippen molar-refractivity contribution in [2.45, 2.75) is 19.6 Å². The molecule has 0 radical (unpaired) electrons. The molecule has 20 heavy (non-hydrogen) atoms. The maximum absolute atomic E-state index is 12.2. The molecule has 108 valence electrons. The van der Waals surface area contributed by atoms with E-state index in [2.05, 4.69) is 10.1 Å². The summed E-state index contributed by atoms with van der Waals surface area (Å²) in [5.41, 5.74) is 1.53. The third-order valence-electron chi connectivity index (χ3n) is 2.63. The van der Waals surface area contributed by atoms with Gasteiger partial charge in [0.05, 0.1) is 28.6 Å². The average Bonchev–Trinajstić information content (AvgIpc) is 2.87. The Labute approximate surface area is 124 Å². The largest absolute Gasteiger partial charge is 0.472 e. The van der Waals surface area contributed by atoms with Crippen LogP contribution in [-0.2, 0) is 0 Å². The molecule has 0 saturated heterocycles. The fourth-order valence-electron chi connectivity index (χ4n) is 1.70. The van der Waals surface area contributed by atoms with Crippen LogP contribution in [0.5, 0.6) is 5.75 Å². The Morgan fingerprint density at radius 3 is 2.40 bits per heavy atom. The molecule has 1 aromatic carbocycles. The molecule has 2 aromatic rings. The second kappa shape index (κ2) is 6.33. The van der Waals surface area contributed by atoms with Gasteiger partial charge < -0.3 is 14.5 Å². The van der Waals surface area contributed by atoms with E-state index >= 15 is 0 Å². The third kappa shape index (κ3) is 3.55. The van der Waals surface area contributed by atoms with Gasteiger partial charge in [0, 0.05) is 11.3 Å². The minimum atomic E-state index is -2.98. The van der Waals surface area contributed by atoms with E-state index in [0.717, 1.165) is 5.56 Å². The topological polar surface area (TPSA) is 34.4 Å². The first kappa shape index (κ1) is 14.9. The summed E-state index contributed by atoms with van der Waals surface area (Å²) in [5.74, 6) is -0.232. The van der Waals surface area contributed by atoms with E-state index in [1.807, 2.05) is 13.0 Å². The number of halogens is 4. The molecule has 0 saturated carbocycles. The molecule has 0 aliphatic carbocycles. The lowest BCUT2D eigenvalue weighted by atomic mass is 10.1. The first-order valence-electron chi connectivity index (χ1n) is 5.70. The van der Waals surface area contributed by atoms with E-state index < -0.39 is 6.61 Å². The lowest BCUT2D eigenvalue weighted by molar-refractivity contribution is -0.0497. The standard InChI is InChI=1S/C13H11Cl2F2NO2/c1-7(8-2-3-19-6-8)18-9-4-10(14)12(11(15)5-9)20-13(16)17/h2-7,13,18H,1H3. The minimum absolute atomic E-state index is 0.0136. The number of hydrogen-bond acceptors (Lipinski definition) is 3. The quantitative estimate of drug-likeness (QED) is 0.804. The Kier molecular flexibility index (Phi) is 4.73. The van der Waals surface area contributed by atoms with E-state index in [-0.39, 0.29) is 21.8 Å². The highest BCUT2D eigenvalue weighted by molar-refractivity contribution is 6.37. The van der Waals surface area contributed by atoms with Crippen LogP contribution in [0.25, 0.3) is 0 Å². The summed E-state index contributed by atoms with van der Waals surface area (Å²) in [6.07, 6.45) is 3.17. The Hall–Kier alpha value is -1.46. The molecule has 0 aliphatic heterocycles. The SMILES string of the molecule is CC(Nc1cc(Cl)c(OC(F)F)c(Cl)c1)c1ccoc1. The summed E-state index contributed by atoms with van der Waals surface area (Å²) in [5, 5.41) is 3.16. The van der Waals surface area contributed by atoms with Crippen molar-refractivity contribution in [3.05, 3.63) is 46.3 Å². The number of anilines is 1. The molecule has 7 heteroatoms. The normalized spacial score (nSPS) is 12.5. The van der Waals surface area contributed by atoms with Crippen LogP contribution >= 0.6 is 23.2 Å². The van der Waals surface area contributed by atoms with Crippen LogP contribution in [0.2, 0.25) is 10.0 Å². The van der Waals surface area contributed by atoms with Gasteiger partial charge in [-0.05, 0) is 25.1 Å². The summed E-state index contributed by atoms with van der Waals surface area (Å²) in [7, 11) is 0. The Morgan fingerprint density at radius 2 is 1.90 bits per heavy atom. The molecular formula is C13H11Cl2F2NO2. The summed E-state index contributed by atoms with van der Waals surface area (Å²) in [4.78, 5) is 0. The highest BCUT2D eigenvalue weighted by atomic mass is 35.5. The molecule has 0 aliphatic rings. The van der Waals surface area contributed by atoms with Crippen molar-refractivity contribution in [3.8, 4) is 5.75 Å². The zero-order valence-corrected chi connectivity index (χ0v) is 11.9. The Bertz CT molecular complexity index is 553. The molecule has 1 atom stereocenters. The van der Waals surface area contributed by atoms with E-state index in [9.17, 15) is 8.78 Å². The molecule has 0 spiro atoms.